The molecule has 0 spiro atoms. The van der Waals surface area contributed by atoms with Crippen molar-refractivity contribution in [2.75, 3.05) is 40.4 Å². The second-order valence-corrected chi connectivity index (χ2v) is 20.1. The molecule has 362 valence electrons. The van der Waals surface area contributed by atoms with Crippen LogP contribution in [0.15, 0.2) is 67.4 Å². The molecule has 4 amide bonds. The summed E-state index contributed by atoms with van der Waals surface area (Å²) in [4.78, 5) is 78.6. The first kappa shape index (κ1) is 48.4. The Kier molecular flexibility index (Phi) is 14.4. The smallest absolute Gasteiger partial charge is 0.324 e. The number of likely N-dealkylation sites (tertiary alicyclic amines) is 1. The maximum atomic E-state index is 14.9. The number of nitrogens with zero attached hydrogens (tertiary/aromatic N) is 5. The number of amides is 4. The summed E-state index contributed by atoms with van der Waals surface area (Å²) in [6, 6.07) is 12.7. The number of hydrogen-bond donors (Lipinski definition) is 3. The van der Waals surface area contributed by atoms with Gasteiger partial charge >= 0.3 is 5.97 Å². The van der Waals surface area contributed by atoms with Crippen LogP contribution >= 0.6 is 0 Å². The standard InChI is InChI=1S/C53H67N7O8/c1-8-46(62)58-28-32(3)41(29-58)50(64)57(6)47(34-14-10-11-15-34)49(63)55-43-24-33-22-36(25-37(61)23-33)35-18-19-45-39(26-35)40(48(59(45)9-2)38-16-12-20-54-44(38)30-67-7)27-53(4,5)31-68-52(66)42-17-13-21-60(56-42)51(43)65/h8,12,16,18-20,22-23,25-26,32,34,41-43,47,56,61H,1,9-11,13-15,17,21,24,27-31H2,2-7H3,(H,55,63)/t32-,41+,42-,43-,47?/m0/s1. The molecule has 1 unspecified atom stereocenters. The highest BCUT2D eigenvalue weighted by Gasteiger charge is 2.44. The van der Waals surface area contributed by atoms with Gasteiger partial charge in [0.15, 0.2) is 0 Å². The van der Waals surface area contributed by atoms with Gasteiger partial charge in [-0.3, -0.25) is 34.0 Å². The minimum Gasteiger partial charge on any atom is -0.508 e. The number of ether oxygens (including phenoxy) is 2. The van der Waals surface area contributed by atoms with Crippen molar-refractivity contribution in [3.8, 4) is 28.1 Å². The first-order valence-electron chi connectivity index (χ1n) is 24.3. The zero-order chi connectivity index (χ0) is 48.4. The third-order valence-corrected chi connectivity index (χ3v) is 14.6. The zero-order valence-electron chi connectivity index (χ0n) is 40.4. The van der Waals surface area contributed by atoms with Gasteiger partial charge in [0.05, 0.1) is 30.5 Å². The van der Waals surface area contributed by atoms with Crippen LogP contribution in [-0.4, -0.2) is 118 Å². The van der Waals surface area contributed by atoms with Crippen LogP contribution in [0.5, 0.6) is 5.75 Å². The van der Waals surface area contributed by atoms with Crippen LogP contribution in [0.1, 0.15) is 83.0 Å². The van der Waals surface area contributed by atoms with Gasteiger partial charge in [0.25, 0.3) is 5.91 Å². The molecular formula is C53H67N7O8. The number of hydrazine groups is 1. The molecule has 1 aliphatic carbocycles. The number of likely N-dealkylation sites (N-methyl/N-ethyl adjacent to an activating group) is 1. The molecule has 2 aromatic carbocycles. The van der Waals surface area contributed by atoms with E-state index >= 15 is 0 Å². The molecule has 68 heavy (non-hydrogen) atoms. The second kappa shape index (κ2) is 20.3. The molecule has 4 aliphatic rings. The van der Waals surface area contributed by atoms with Gasteiger partial charge in [-0.15, -0.1) is 0 Å². The van der Waals surface area contributed by atoms with E-state index in [-0.39, 0.29) is 55.5 Å². The molecular weight excluding hydrogens is 863 g/mol. The average molecular weight is 930 g/mol. The van der Waals surface area contributed by atoms with Gasteiger partial charge < -0.3 is 34.3 Å². The monoisotopic (exact) mass is 930 g/mol. The van der Waals surface area contributed by atoms with E-state index in [4.69, 9.17) is 14.5 Å². The molecule has 1 saturated carbocycles. The van der Waals surface area contributed by atoms with Crippen molar-refractivity contribution in [2.45, 2.75) is 110 Å². The van der Waals surface area contributed by atoms with Crippen molar-refractivity contribution in [1.82, 2.24) is 35.1 Å². The second-order valence-electron chi connectivity index (χ2n) is 20.1. The Morgan fingerprint density at radius 3 is 2.59 bits per heavy atom. The van der Waals surface area contributed by atoms with E-state index in [1.165, 1.54) is 16.0 Å². The predicted octanol–water partition coefficient (Wildman–Crippen LogP) is 6.19. The molecule has 0 radical (unpaired) electrons. The molecule has 5 atom stereocenters. The molecule has 4 aromatic rings. The van der Waals surface area contributed by atoms with E-state index < -0.39 is 47.2 Å². The fourth-order valence-electron chi connectivity index (χ4n) is 11.2. The largest absolute Gasteiger partial charge is 0.508 e. The maximum Gasteiger partial charge on any atom is 0.324 e. The van der Waals surface area contributed by atoms with E-state index in [1.54, 1.807) is 37.4 Å². The summed E-state index contributed by atoms with van der Waals surface area (Å²) in [6.45, 7) is 13.9. The Bertz CT molecular complexity index is 2580. The SMILES string of the molecule is C=CC(=O)N1C[C@H](C)[C@H](C(=O)N(C)C(C(=O)N[C@H]2Cc3cc(O)cc(c3)-c3ccc4c(c3)c(c(-c3cccnc3COC)n4CC)CC(C)(C)COC(=O)[C@@H]3CCCN(N3)C2=O)C2CCCC2)C1. The number of methoxy groups -OCH3 is 1. The Hall–Kier alpha value is -6.06. The number of nitrogens with one attached hydrogen (secondary N) is 2. The highest BCUT2D eigenvalue weighted by atomic mass is 16.5. The number of phenols is 1. The highest BCUT2D eigenvalue weighted by Crippen LogP contribution is 2.42. The maximum absolute atomic E-state index is 14.9. The number of cyclic esters (lactones) is 1. The third kappa shape index (κ3) is 9.91. The van der Waals surface area contributed by atoms with E-state index in [0.717, 1.165) is 70.2 Å². The molecule has 2 aromatic heterocycles. The number of hydrogen-bond acceptors (Lipinski definition) is 10. The van der Waals surface area contributed by atoms with E-state index in [0.29, 0.717) is 44.5 Å². The van der Waals surface area contributed by atoms with E-state index in [9.17, 15) is 29.1 Å². The summed E-state index contributed by atoms with van der Waals surface area (Å²) in [5.74, 6) is -2.62. The first-order chi connectivity index (χ1) is 32.6. The van der Waals surface area contributed by atoms with Gasteiger partial charge in [-0.05, 0) is 116 Å². The van der Waals surface area contributed by atoms with Gasteiger partial charge in [-0.2, -0.15) is 0 Å². The average Bonchev–Trinajstić information content (AvgIpc) is 4.07. The highest BCUT2D eigenvalue weighted by molar-refractivity contribution is 5.96. The number of phenolic OH excluding ortho intramolecular Hbond substituents is 1. The number of rotatable bonds is 10. The summed E-state index contributed by atoms with van der Waals surface area (Å²) < 4.78 is 14.0. The molecule has 6 bridgehead atoms. The molecule has 15 nitrogen and oxygen atoms in total. The van der Waals surface area contributed by atoms with Gasteiger partial charge in [0.1, 0.15) is 23.9 Å². The number of aromatic hydroxyl groups is 1. The Morgan fingerprint density at radius 1 is 1.07 bits per heavy atom. The molecule has 2 saturated heterocycles. The fourth-order valence-corrected chi connectivity index (χ4v) is 11.2. The van der Waals surface area contributed by atoms with Crippen molar-refractivity contribution < 1.29 is 38.6 Å². The molecule has 3 N–H and O–H groups in total. The number of esters is 1. The summed E-state index contributed by atoms with van der Waals surface area (Å²) in [5, 5.41) is 16.9. The van der Waals surface area contributed by atoms with Gasteiger partial charge in [-0.25, -0.2) is 5.43 Å². The van der Waals surface area contributed by atoms with Crippen LogP contribution in [0, 0.1) is 23.2 Å². The number of carbonyl (C=O) groups excluding carboxylic acids is 5. The molecule has 15 heteroatoms. The number of aryl methyl sites for hydroxylation is 1. The van der Waals surface area contributed by atoms with E-state index in [1.807, 2.05) is 25.1 Å². The summed E-state index contributed by atoms with van der Waals surface area (Å²) in [6.07, 6.45) is 7.85. The number of fused-ring (bicyclic) bond motifs is 6. The number of benzene rings is 2. The normalized spacial score (nSPS) is 22.7. The minimum atomic E-state index is -1.15. The van der Waals surface area contributed by atoms with Crippen molar-refractivity contribution >= 4 is 40.5 Å². The summed E-state index contributed by atoms with van der Waals surface area (Å²) in [5.41, 5.74) is 9.64. The van der Waals surface area contributed by atoms with Crippen LogP contribution < -0.4 is 10.7 Å². The van der Waals surface area contributed by atoms with Crippen LogP contribution in [0.25, 0.3) is 33.3 Å². The lowest BCUT2D eigenvalue weighted by molar-refractivity contribution is -0.155. The Labute approximate surface area is 399 Å². The van der Waals surface area contributed by atoms with Crippen LogP contribution in [0.2, 0.25) is 0 Å². The third-order valence-electron chi connectivity index (χ3n) is 14.6. The lowest BCUT2D eigenvalue weighted by Gasteiger charge is -2.37. The van der Waals surface area contributed by atoms with Crippen molar-refractivity contribution in [1.29, 1.82) is 0 Å². The zero-order valence-corrected chi connectivity index (χ0v) is 40.4. The van der Waals surface area contributed by atoms with Gasteiger partial charge in [0, 0.05) is 74.8 Å². The lowest BCUT2D eigenvalue weighted by Crippen LogP contribution is -2.62. The number of pyridine rings is 1. The Morgan fingerprint density at radius 2 is 1.85 bits per heavy atom. The molecule has 8 rings (SSSR count). The lowest BCUT2D eigenvalue weighted by atomic mass is 9.84. The van der Waals surface area contributed by atoms with Gasteiger partial charge in [-0.1, -0.05) is 52.3 Å². The van der Waals surface area contributed by atoms with Crippen LogP contribution in [-0.2, 0) is 59.4 Å². The molecule has 3 fully saturated rings. The fraction of sp³-hybridized carbons (Fsp3) is 0.509. The van der Waals surface area contributed by atoms with Crippen LogP contribution in [0.4, 0.5) is 0 Å². The van der Waals surface area contributed by atoms with Crippen molar-refractivity contribution in [3.63, 3.8) is 0 Å². The van der Waals surface area contributed by atoms with Crippen molar-refractivity contribution in [3.05, 3.63) is 84.2 Å². The topological polar surface area (TPSA) is 176 Å². The molecule has 5 heterocycles. The molecule has 3 aliphatic heterocycles. The van der Waals surface area contributed by atoms with E-state index in [2.05, 4.69) is 60.9 Å². The van der Waals surface area contributed by atoms with Gasteiger partial charge in [0.2, 0.25) is 17.7 Å². The quantitative estimate of drug-likeness (QED) is 0.123. The predicted molar refractivity (Wildman–Crippen MR) is 259 cm³/mol. The Balaban J connectivity index is 1.20. The minimum absolute atomic E-state index is 0.000000256. The summed E-state index contributed by atoms with van der Waals surface area (Å²) >= 11 is 0. The summed E-state index contributed by atoms with van der Waals surface area (Å²) in [7, 11) is 3.31. The van der Waals surface area contributed by atoms with Crippen molar-refractivity contribution in [2.24, 2.45) is 23.2 Å². The number of carbonyl (C=O) groups is 5. The first-order valence-corrected chi connectivity index (χ1v) is 24.3. The number of aromatic nitrogens is 2. The van der Waals surface area contributed by atoms with Crippen LogP contribution in [0.3, 0.4) is 0 Å².